The second kappa shape index (κ2) is 8.73. The first kappa shape index (κ1) is 20.2. The van der Waals surface area contributed by atoms with Gasteiger partial charge in [-0.1, -0.05) is 19.1 Å². The minimum atomic E-state index is -0.562. The van der Waals surface area contributed by atoms with Crippen LogP contribution in [0.3, 0.4) is 0 Å². The van der Waals surface area contributed by atoms with Gasteiger partial charge in [0.15, 0.2) is 0 Å². The highest BCUT2D eigenvalue weighted by molar-refractivity contribution is 6.04. The topological polar surface area (TPSA) is 73.5 Å². The van der Waals surface area contributed by atoms with E-state index in [9.17, 15) is 14.0 Å². The van der Waals surface area contributed by atoms with Crippen LogP contribution in [0.5, 0.6) is 0 Å². The summed E-state index contributed by atoms with van der Waals surface area (Å²) in [5.74, 6) is 0.0594. The molecule has 158 valence electrons. The number of benzene rings is 2. The van der Waals surface area contributed by atoms with Gasteiger partial charge in [0.25, 0.3) is 5.91 Å². The van der Waals surface area contributed by atoms with E-state index in [4.69, 9.17) is 0 Å². The van der Waals surface area contributed by atoms with Crippen LogP contribution >= 0.6 is 0 Å². The first-order valence-corrected chi connectivity index (χ1v) is 10.5. The third-order valence-electron chi connectivity index (χ3n) is 5.66. The van der Waals surface area contributed by atoms with Crippen LogP contribution in [0.25, 0.3) is 0 Å². The third kappa shape index (κ3) is 4.90. The third-order valence-corrected chi connectivity index (χ3v) is 5.66. The van der Waals surface area contributed by atoms with Gasteiger partial charge in [-0.05, 0) is 61.9 Å². The summed E-state index contributed by atoms with van der Waals surface area (Å²) in [6.45, 7) is 4.07. The quantitative estimate of drug-likeness (QED) is 0.675. The number of carbonyl (C=O) groups excluding carboxylic acids is 2. The molecular formula is C23H27FN4O2. The standard InChI is InChI=1S/C23H27FN4O2/c1-15-10-12-28(13-11-15)21-9-8-17(14-18(21)22(29)25-16-6-7-16)26-23(30)27-20-5-3-2-4-19(20)24/h2-5,8-9,14-16H,6-7,10-13H2,1H3,(H,25,29)(H2,26,27,30). The van der Waals surface area contributed by atoms with Gasteiger partial charge in [0.1, 0.15) is 5.82 Å². The van der Waals surface area contributed by atoms with Crippen molar-refractivity contribution < 1.29 is 14.0 Å². The molecule has 30 heavy (non-hydrogen) atoms. The molecule has 0 spiro atoms. The summed E-state index contributed by atoms with van der Waals surface area (Å²) in [4.78, 5) is 27.4. The number of hydrogen-bond acceptors (Lipinski definition) is 3. The molecule has 4 rings (SSSR count). The lowest BCUT2D eigenvalue weighted by Crippen LogP contribution is -2.35. The molecule has 2 aromatic rings. The zero-order valence-corrected chi connectivity index (χ0v) is 17.1. The van der Waals surface area contributed by atoms with Gasteiger partial charge in [-0.3, -0.25) is 4.79 Å². The predicted octanol–water partition coefficient (Wildman–Crippen LogP) is 4.60. The molecular weight excluding hydrogens is 383 g/mol. The van der Waals surface area contributed by atoms with E-state index in [0.717, 1.165) is 44.5 Å². The Labute approximate surface area is 175 Å². The van der Waals surface area contributed by atoms with Gasteiger partial charge in [-0.15, -0.1) is 0 Å². The van der Waals surface area contributed by atoms with Crippen molar-refractivity contribution in [1.29, 1.82) is 0 Å². The van der Waals surface area contributed by atoms with Crippen molar-refractivity contribution in [3.63, 3.8) is 0 Å². The van der Waals surface area contributed by atoms with Crippen LogP contribution < -0.4 is 20.9 Å². The van der Waals surface area contributed by atoms with Gasteiger partial charge in [0.2, 0.25) is 0 Å². The Kier molecular flexibility index (Phi) is 5.88. The van der Waals surface area contributed by atoms with Gasteiger partial charge in [-0.2, -0.15) is 0 Å². The Morgan fingerprint density at radius 1 is 1.00 bits per heavy atom. The lowest BCUT2D eigenvalue weighted by atomic mass is 9.98. The zero-order valence-electron chi connectivity index (χ0n) is 17.1. The smallest absolute Gasteiger partial charge is 0.323 e. The highest BCUT2D eigenvalue weighted by Gasteiger charge is 2.27. The van der Waals surface area contributed by atoms with Crippen molar-refractivity contribution in [2.45, 2.75) is 38.6 Å². The van der Waals surface area contributed by atoms with Gasteiger partial charge in [0.05, 0.1) is 11.3 Å². The minimum Gasteiger partial charge on any atom is -0.371 e. The van der Waals surface area contributed by atoms with E-state index >= 15 is 0 Å². The Balaban J connectivity index is 1.52. The zero-order chi connectivity index (χ0) is 21.1. The maximum Gasteiger partial charge on any atom is 0.323 e. The summed E-state index contributed by atoms with van der Waals surface area (Å²) < 4.78 is 13.8. The SMILES string of the molecule is CC1CCN(c2ccc(NC(=O)Nc3ccccc3F)cc2C(=O)NC2CC2)CC1. The number of carbonyl (C=O) groups is 2. The van der Waals surface area contributed by atoms with E-state index in [1.165, 1.54) is 12.1 Å². The highest BCUT2D eigenvalue weighted by Crippen LogP contribution is 2.30. The van der Waals surface area contributed by atoms with Crippen LogP contribution in [0.15, 0.2) is 42.5 Å². The van der Waals surface area contributed by atoms with E-state index in [1.807, 2.05) is 6.07 Å². The molecule has 0 bridgehead atoms. The van der Waals surface area contributed by atoms with Crippen molar-refractivity contribution >= 4 is 29.0 Å². The summed E-state index contributed by atoms with van der Waals surface area (Å²) in [5, 5.41) is 8.24. The molecule has 2 fully saturated rings. The molecule has 0 atom stereocenters. The first-order valence-electron chi connectivity index (χ1n) is 10.5. The molecule has 1 saturated heterocycles. The largest absolute Gasteiger partial charge is 0.371 e. The summed E-state index contributed by atoms with van der Waals surface area (Å²) in [7, 11) is 0. The van der Waals surface area contributed by atoms with E-state index in [-0.39, 0.29) is 17.6 Å². The van der Waals surface area contributed by atoms with Crippen molar-refractivity contribution in [1.82, 2.24) is 5.32 Å². The Morgan fingerprint density at radius 3 is 2.43 bits per heavy atom. The molecule has 2 aliphatic rings. The summed E-state index contributed by atoms with van der Waals surface area (Å²) in [6.07, 6.45) is 4.19. The fourth-order valence-corrected chi connectivity index (χ4v) is 3.66. The summed E-state index contributed by atoms with van der Waals surface area (Å²) in [5.41, 5.74) is 2.03. The Bertz CT molecular complexity index is 937. The van der Waals surface area contributed by atoms with E-state index in [1.54, 1.807) is 24.3 Å². The summed E-state index contributed by atoms with van der Waals surface area (Å²) >= 11 is 0. The average Bonchev–Trinajstić information content (AvgIpc) is 3.54. The molecule has 1 aliphatic heterocycles. The van der Waals surface area contributed by atoms with E-state index < -0.39 is 11.8 Å². The number of piperidine rings is 1. The van der Waals surface area contributed by atoms with Crippen LogP contribution in [0.1, 0.15) is 43.0 Å². The van der Waals surface area contributed by atoms with Crippen molar-refractivity contribution in [2.24, 2.45) is 5.92 Å². The second-order valence-corrected chi connectivity index (χ2v) is 8.21. The summed E-state index contributed by atoms with van der Waals surface area (Å²) in [6, 6.07) is 11.0. The fourth-order valence-electron chi connectivity index (χ4n) is 3.66. The van der Waals surface area contributed by atoms with Gasteiger partial charge < -0.3 is 20.9 Å². The average molecular weight is 410 g/mol. The first-order chi connectivity index (χ1) is 14.5. The number of nitrogens with one attached hydrogen (secondary N) is 3. The molecule has 1 heterocycles. The van der Waals surface area contributed by atoms with Crippen LogP contribution in [0.2, 0.25) is 0 Å². The van der Waals surface area contributed by atoms with E-state index in [2.05, 4.69) is 27.8 Å². The monoisotopic (exact) mass is 410 g/mol. The number of anilines is 3. The van der Waals surface area contributed by atoms with E-state index in [0.29, 0.717) is 17.2 Å². The van der Waals surface area contributed by atoms with Crippen LogP contribution in [-0.4, -0.2) is 31.1 Å². The molecule has 1 aliphatic carbocycles. The normalized spacial score (nSPS) is 16.8. The molecule has 3 N–H and O–H groups in total. The maximum atomic E-state index is 13.8. The minimum absolute atomic E-state index is 0.0979. The molecule has 0 unspecified atom stereocenters. The maximum absolute atomic E-state index is 13.8. The second-order valence-electron chi connectivity index (χ2n) is 8.21. The van der Waals surface area contributed by atoms with Crippen LogP contribution in [-0.2, 0) is 0 Å². The molecule has 3 amide bonds. The molecule has 0 radical (unpaired) electrons. The number of urea groups is 1. The van der Waals surface area contributed by atoms with Gasteiger partial charge in [-0.25, -0.2) is 9.18 Å². The van der Waals surface area contributed by atoms with Crippen molar-refractivity contribution in [3.8, 4) is 0 Å². The lowest BCUT2D eigenvalue weighted by molar-refractivity contribution is 0.0951. The number of halogens is 1. The predicted molar refractivity (Wildman–Crippen MR) is 117 cm³/mol. The Hall–Kier alpha value is -3.09. The molecule has 6 nitrogen and oxygen atoms in total. The van der Waals surface area contributed by atoms with Crippen molar-refractivity contribution in [3.05, 3.63) is 53.8 Å². The lowest BCUT2D eigenvalue weighted by Gasteiger charge is -2.33. The number of rotatable bonds is 5. The fraction of sp³-hybridized carbons (Fsp3) is 0.391. The highest BCUT2D eigenvalue weighted by atomic mass is 19.1. The number of para-hydroxylation sites is 1. The number of nitrogens with zero attached hydrogens (tertiary/aromatic N) is 1. The van der Waals surface area contributed by atoms with Crippen LogP contribution in [0, 0.1) is 11.7 Å². The molecule has 2 aromatic carbocycles. The van der Waals surface area contributed by atoms with Crippen molar-refractivity contribution in [2.75, 3.05) is 28.6 Å². The van der Waals surface area contributed by atoms with Gasteiger partial charge in [0, 0.05) is 30.5 Å². The van der Waals surface area contributed by atoms with Gasteiger partial charge >= 0.3 is 6.03 Å². The van der Waals surface area contributed by atoms with Crippen LogP contribution in [0.4, 0.5) is 26.2 Å². The number of hydrogen-bond donors (Lipinski definition) is 3. The molecule has 7 heteroatoms. The molecule has 0 aromatic heterocycles. The Morgan fingerprint density at radius 2 is 1.73 bits per heavy atom. The number of amides is 3. The molecule has 1 saturated carbocycles.